The first kappa shape index (κ1) is 54.7. The second-order valence-electron chi connectivity index (χ2n) is 16.0. The summed E-state index contributed by atoms with van der Waals surface area (Å²) in [6, 6.07) is 0. The number of esters is 2. The number of hydrogen-bond acceptors (Lipinski definition) is 7. The maximum atomic E-state index is 12.8. The summed E-state index contributed by atoms with van der Waals surface area (Å²) >= 11 is 0. The summed E-state index contributed by atoms with van der Waals surface area (Å²) in [5, 5.41) is 9.64. The molecular weight excluding hydrogens is 731 g/mol. The van der Waals surface area contributed by atoms with Gasteiger partial charge in [-0.05, 0) is 77.0 Å². The zero-order chi connectivity index (χ0) is 42.8. The molecule has 0 aliphatic carbocycles. The molecule has 0 saturated heterocycles. The van der Waals surface area contributed by atoms with Gasteiger partial charge in [-0.15, -0.1) is 0 Å². The van der Waals surface area contributed by atoms with Gasteiger partial charge in [0, 0.05) is 12.8 Å². The van der Waals surface area contributed by atoms with Crippen LogP contribution in [0.4, 0.5) is 0 Å². The van der Waals surface area contributed by atoms with E-state index in [4.69, 9.17) is 18.9 Å². The van der Waals surface area contributed by atoms with Gasteiger partial charge in [-0.2, -0.15) is 0 Å². The van der Waals surface area contributed by atoms with Crippen LogP contribution in [0.25, 0.3) is 0 Å². The number of nitrogens with zero attached hydrogens (tertiary/aromatic N) is 1. The molecule has 1 N–H and O–H groups in total. The molecular formula is C49H84NO8+. The number of rotatable bonds is 40. The van der Waals surface area contributed by atoms with E-state index in [0.717, 1.165) is 116 Å². The van der Waals surface area contributed by atoms with Gasteiger partial charge >= 0.3 is 17.9 Å². The number of aliphatic carboxylic acids is 1. The summed E-state index contributed by atoms with van der Waals surface area (Å²) in [7, 11) is 5.94. The second kappa shape index (κ2) is 40.5. The van der Waals surface area contributed by atoms with Crippen LogP contribution in [0.3, 0.4) is 0 Å². The van der Waals surface area contributed by atoms with Crippen molar-refractivity contribution in [2.24, 2.45) is 0 Å². The molecule has 0 aromatic heterocycles. The highest BCUT2D eigenvalue weighted by Gasteiger charge is 2.25. The number of carboxylic acids is 1. The van der Waals surface area contributed by atoms with Crippen molar-refractivity contribution in [2.45, 2.75) is 174 Å². The van der Waals surface area contributed by atoms with Crippen LogP contribution in [-0.4, -0.2) is 87.4 Å². The highest BCUT2D eigenvalue weighted by atomic mass is 16.7. The number of quaternary nitrogens is 1. The van der Waals surface area contributed by atoms with Gasteiger partial charge in [-0.3, -0.25) is 9.59 Å². The van der Waals surface area contributed by atoms with Crippen molar-refractivity contribution in [2.75, 3.05) is 47.5 Å². The van der Waals surface area contributed by atoms with Crippen molar-refractivity contribution in [1.82, 2.24) is 0 Å². The van der Waals surface area contributed by atoms with E-state index in [1.165, 1.54) is 12.8 Å². The van der Waals surface area contributed by atoms with Crippen LogP contribution in [0, 0.1) is 0 Å². The molecule has 0 aliphatic rings. The molecule has 0 saturated carbocycles. The summed E-state index contributed by atoms with van der Waals surface area (Å²) in [6.07, 6.45) is 46.7. The van der Waals surface area contributed by atoms with Gasteiger partial charge in [0.25, 0.3) is 6.29 Å². The fraction of sp³-hybridized carbons (Fsp3) is 0.694. The lowest BCUT2D eigenvalue weighted by molar-refractivity contribution is -0.870. The summed E-state index contributed by atoms with van der Waals surface area (Å²) in [5.41, 5.74) is 0. The second-order valence-corrected chi connectivity index (χ2v) is 16.0. The quantitative estimate of drug-likeness (QED) is 0.0214. The fourth-order valence-corrected chi connectivity index (χ4v) is 5.66. The van der Waals surface area contributed by atoms with E-state index < -0.39 is 24.3 Å². The zero-order valence-corrected chi connectivity index (χ0v) is 37.4. The number of hydrogen-bond donors (Lipinski definition) is 1. The van der Waals surface area contributed by atoms with Gasteiger partial charge in [0.1, 0.15) is 13.2 Å². The number of likely N-dealkylation sites (N-methyl/N-ethyl adjacent to an activating group) is 1. The minimum Gasteiger partial charge on any atom is -0.477 e. The van der Waals surface area contributed by atoms with E-state index >= 15 is 0 Å². The van der Waals surface area contributed by atoms with E-state index in [1.807, 2.05) is 21.1 Å². The predicted octanol–water partition coefficient (Wildman–Crippen LogP) is 11.9. The third kappa shape index (κ3) is 40.9. The Morgan fingerprint density at radius 3 is 1.47 bits per heavy atom. The molecule has 2 atom stereocenters. The minimum atomic E-state index is -1.52. The number of allylic oxidation sites excluding steroid dienone is 12. The lowest BCUT2D eigenvalue weighted by Crippen LogP contribution is -2.40. The molecule has 0 spiro atoms. The first-order valence-electron chi connectivity index (χ1n) is 22.6. The van der Waals surface area contributed by atoms with Crippen LogP contribution >= 0.6 is 0 Å². The Morgan fingerprint density at radius 2 is 0.983 bits per heavy atom. The maximum absolute atomic E-state index is 12.8. The molecule has 332 valence electrons. The van der Waals surface area contributed by atoms with Crippen LogP contribution in [-0.2, 0) is 33.3 Å². The molecule has 0 aromatic rings. The van der Waals surface area contributed by atoms with Gasteiger partial charge in [-0.1, -0.05) is 145 Å². The van der Waals surface area contributed by atoms with E-state index in [2.05, 4.69) is 86.8 Å². The number of unbranched alkanes of at least 4 members (excludes halogenated alkanes) is 13. The zero-order valence-electron chi connectivity index (χ0n) is 37.4. The Morgan fingerprint density at radius 1 is 0.534 bits per heavy atom. The van der Waals surface area contributed by atoms with Crippen molar-refractivity contribution in [3.8, 4) is 0 Å². The predicted molar refractivity (Wildman–Crippen MR) is 239 cm³/mol. The van der Waals surface area contributed by atoms with Crippen molar-refractivity contribution < 1.29 is 42.9 Å². The van der Waals surface area contributed by atoms with Crippen LogP contribution in [0.2, 0.25) is 0 Å². The van der Waals surface area contributed by atoms with Crippen LogP contribution < -0.4 is 0 Å². The van der Waals surface area contributed by atoms with E-state index in [0.29, 0.717) is 17.4 Å². The number of carboxylic acid groups (broad SMARTS) is 1. The van der Waals surface area contributed by atoms with E-state index in [-0.39, 0.29) is 38.6 Å². The summed E-state index contributed by atoms with van der Waals surface area (Å²) < 4.78 is 22.7. The summed E-state index contributed by atoms with van der Waals surface area (Å²) in [5.74, 6) is -2.06. The van der Waals surface area contributed by atoms with Crippen molar-refractivity contribution >= 4 is 17.9 Å². The first-order valence-corrected chi connectivity index (χ1v) is 22.6. The maximum Gasteiger partial charge on any atom is 0.361 e. The molecule has 58 heavy (non-hydrogen) atoms. The molecule has 2 unspecified atom stereocenters. The van der Waals surface area contributed by atoms with Crippen molar-refractivity contribution in [3.05, 3.63) is 72.9 Å². The minimum absolute atomic E-state index is 0.178. The Kier molecular flexibility index (Phi) is 38.2. The molecule has 0 bridgehead atoms. The smallest absolute Gasteiger partial charge is 0.361 e. The van der Waals surface area contributed by atoms with Gasteiger partial charge < -0.3 is 28.5 Å². The van der Waals surface area contributed by atoms with Crippen LogP contribution in [0.5, 0.6) is 0 Å². The molecule has 9 heteroatoms. The molecule has 0 aromatic carbocycles. The molecule has 9 nitrogen and oxygen atoms in total. The Hall–Kier alpha value is -3.27. The first-order chi connectivity index (χ1) is 28.1. The van der Waals surface area contributed by atoms with Gasteiger partial charge in [0.05, 0.1) is 34.4 Å². The van der Waals surface area contributed by atoms with Gasteiger partial charge in [-0.25, -0.2) is 4.79 Å². The van der Waals surface area contributed by atoms with Crippen molar-refractivity contribution in [1.29, 1.82) is 0 Å². The standard InChI is InChI=1S/C49H83NO8/c1-6-8-10-12-14-16-18-20-22-23-24-25-26-28-30-32-34-36-38-40-47(52)58-45(44-57-49(48(53)54)55-42-41-50(3,4)5)43-56-46(51)39-37-35-33-31-29-27-21-19-17-15-13-11-9-7-2/h8,10,13-16,19-22,24-25,45,49H,6-7,9,11-12,17-18,23,26-44H2,1-5H3/p+1/b10-8-,15-13-,16-14-,21-19-,22-20-,25-24-. The average Bonchev–Trinajstić information content (AvgIpc) is 3.18. The Labute approximate surface area is 354 Å². The van der Waals surface area contributed by atoms with Crippen molar-refractivity contribution in [3.63, 3.8) is 0 Å². The Balaban J connectivity index is 4.49. The molecule has 0 rings (SSSR count). The third-order valence-electron chi connectivity index (χ3n) is 9.20. The monoisotopic (exact) mass is 815 g/mol. The van der Waals surface area contributed by atoms with Gasteiger partial charge in [0.15, 0.2) is 6.10 Å². The highest BCUT2D eigenvalue weighted by Crippen LogP contribution is 2.13. The number of carbonyl (C=O) groups excluding carboxylic acids is 2. The lowest BCUT2D eigenvalue weighted by Gasteiger charge is -2.25. The molecule has 0 fully saturated rings. The Bertz CT molecular complexity index is 1180. The van der Waals surface area contributed by atoms with E-state index in [1.54, 1.807) is 0 Å². The summed E-state index contributed by atoms with van der Waals surface area (Å²) in [4.78, 5) is 37.1. The molecule has 0 amide bonds. The fourth-order valence-electron chi connectivity index (χ4n) is 5.66. The van der Waals surface area contributed by atoms with Crippen LogP contribution in [0.15, 0.2) is 72.9 Å². The summed E-state index contributed by atoms with van der Waals surface area (Å²) in [6.45, 7) is 4.66. The topological polar surface area (TPSA) is 108 Å². The van der Waals surface area contributed by atoms with Crippen LogP contribution in [0.1, 0.15) is 162 Å². The number of ether oxygens (including phenoxy) is 4. The average molecular weight is 815 g/mol. The van der Waals surface area contributed by atoms with E-state index in [9.17, 15) is 19.5 Å². The highest BCUT2D eigenvalue weighted by molar-refractivity contribution is 5.71. The SMILES string of the molecule is CC/C=C\C/C=C\C/C=C\C/C=C\CCCCCCCCC(=O)OC(COC(=O)CCCCCCC/C=C\C/C=C\CCCC)COC(OCC[N+](C)(C)C)C(=O)O. The third-order valence-corrected chi connectivity index (χ3v) is 9.20. The number of carbonyl (C=O) groups is 3. The normalized spacial score (nSPS) is 13.6. The molecule has 0 aliphatic heterocycles. The largest absolute Gasteiger partial charge is 0.477 e. The lowest BCUT2D eigenvalue weighted by atomic mass is 10.1. The van der Waals surface area contributed by atoms with Gasteiger partial charge in [0.2, 0.25) is 0 Å². The molecule has 0 radical (unpaired) electrons. The molecule has 0 heterocycles.